The maximum atomic E-state index is 6.26. The van der Waals surface area contributed by atoms with E-state index in [2.05, 4.69) is 32.7 Å². The van der Waals surface area contributed by atoms with Gasteiger partial charge >= 0.3 is 0 Å². The van der Waals surface area contributed by atoms with Crippen molar-refractivity contribution in [2.45, 2.75) is 83.7 Å². The Kier molecular flexibility index (Phi) is 5.53. The molecule has 118 valence electrons. The lowest BCUT2D eigenvalue weighted by molar-refractivity contribution is 0.00529. The molecule has 0 spiro atoms. The lowest BCUT2D eigenvalue weighted by Crippen LogP contribution is -2.58. The zero-order valence-corrected chi connectivity index (χ0v) is 14.2. The molecular weight excluding hydrogens is 244 g/mol. The minimum atomic E-state index is 0.299. The average Bonchev–Trinajstić information content (AvgIpc) is 2.46. The number of nitrogens with two attached hydrogens (primary N) is 1. The van der Waals surface area contributed by atoms with Gasteiger partial charge in [0.2, 0.25) is 0 Å². The van der Waals surface area contributed by atoms with E-state index in [9.17, 15) is 0 Å². The lowest BCUT2D eigenvalue weighted by atomic mass is 9.71. The van der Waals surface area contributed by atoms with Crippen LogP contribution in [0.3, 0.4) is 0 Å². The summed E-state index contributed by atoms with van der Waals surface area (Å²) < 4.78 is 0. The molecule has 2 atom stereocenters. The zero-order chi connectivity index (χ0) is 14.8. The predicted molar refractivity (Wildman–Crippen MR) is 87.8 cm³/mol. The van der Waals surface area contributed by atoms with Crippen LogP contribution >= 0.6 is 0 Å². The van der Waals surface area contributed by atoms with Gasteiger partial charge in [0.25, 0.3) is 0 Å². The van der Waals surface area contributed by atoms with Crippen LogP contribution in [0.5, 0.6) is 0 Å². The first-order valence-corrected chi connectivity index (χ1v) is 8.91. The fourth-order valence-electron chi connectivity index (χ4n) is 4.69. The molecule has 20 heavy (non-hydrogen) atoms. The highest BCUT2D eigenvalue weighted by atomic mass is 15.2. The molecule has 2 aliphatic rings. The van der Waals surface area contributed by atoms with Gasteiger partial charge in [-0.25, -0.2) is 0 Å². The number of nitrogens with zero attached hydrogens (tertiary/aromatic N) is 1. The summed E-state index contributed by atoms with van der Waals surface area (Å²) in [5.41, 5.74) is 6.56. The van der Waals surface area contributed by atoms with Gasteiger partial charge in [-0.15, -0.1) is 0 Å². The summed E-state index contributed by atoms with van der Waals surface area (Å²) in [5, 5.41) is 0. The normalized spacial score (nSPS) is 39.5. The van der Waals surface area contributed by atoms with Gasteiger partial charge in [0.1, 0.15) is 0 Å². The van der Waals surface area contributed by atoms with Gasteiger partial charge in [-0.1, -0.05) is 33.6 Å². The molecule has 2 N–H and O–H groups in total. The van der Waals surface area contributed by atoms with E-state index in [1.165, 1.54) is 51.4 Å². The number of hydrogen-bond donors (Lipinski definition) is 1. The Bertz CT molecular complexity index is 292. The summed E-state index contributed by atoms with van der Waals surface area (Å²) in [4.78, 5) is 2.71. The van der Waals surface area contributed by atoms with Crippen molar-refractivity contribution in [3.8, 4) is 0 Å². The Labute approximate surface area is 126 Å². The molecule has 0 amide bonds. The fraction of sp³-hybridized carbons (Fsp3) is 1.00. The minimum Gasteiger partial charge on any atom is -0.329 e. The Hall–Kier alpha value is -0.0800. The largest absolute Gasteiger partial charge is 0.329 e. The predicted octanol–water partition coefficient (Wildman–Crippen LogP) is 4.04. The molecule has 0 aromatic rings. The number of rotatable bonds is 4. The summed E-state index contributed by atoms with van der Waals surface area (Å²) in [7, 11) is 2.37. The molecule has 0 bridgehead atoms. The second-order valence-corrected chi connectivity index (χ2v) is 8.05. The van der Waals surface area contributed by atoms with Crippen molar-refractivity contribution < 1.29 is 0 Å². The van der Waals surface area contributed by atoms with Gasteiger partial charge in [-0.3, -0.25) is 4.90 Å². The van der Waals surface area contributed by atoms with Crippen LogP contribution in [0.1, 0.15) is 72.1 Å². The Morgan fingerprint density at radius 2 is 1.80 bits per heavy atom. The van der Waals surface area contributed by atoms with E-state index in [1.807, 2.05) is 0 Å². The zero-order valence-electron chi connectivity index (χ0n) is 14.2. The highest BCUT2D eigenvalue weighted by molar-refractivity contribution is 4.98. The van der Waals surface area contributed by atoms with E-state index in [1.54, 1.807) is 0 Å². The highest BCUT2D eigenvalue weighted by Gasteiger charge is 2.41. The van der Waals surface area contributed by atoms with Crippen LogP contribution in [0, 0.1) is 17.8 Å². The Morgan fingerprint density at radius 3 is 2.30 bits per heavy atom. The van der Waals surface area contributed by atoms with Crippen molar-refractivity contribution in [2.75, 3.05) is 13.6 Å². The molecule has 2 fully saturated rings. The summed E-state index contributed by atoms with van der Waals surface area (Å²) >= 11 is 0. The number of likely N-dealkylation sites (N-methyl/N-ethyl adjacent to an activating group) is 1. The minimum absolute atomic E-state index is 0.299. The fourth-order valence-corrected chi connectivity index (χ4v) is 4.69. The van der Waals surface area contributed by atoms with E-state index in [0.29, 0.717) is 5.54 Å². The Morgan fingerprint density at radius 1 is 1.15 bits per heavy atom. The van der Waals surface area contributed by atoms with Gasteiger partial charge < -0.3 is 5.73 Å². The topological polar surface area (TPSA) is 29.3 Å². The molecular formula is C18H36N2. The van der Waals surface area contributed by atoms with Crippen LogP contribution in [-0.2, 0) is 0 Å². The quantitative estimate of drug-likeness (QED) is 0.842. The second kappa shape index (κ2) is 6.79. The molecule has 0 saturated heterocycles. The second-order valence-electron chi connectivity index (χ2n) is 8.05. The van der Waals surface area contributed by atoms with Crippen molar-refractivity contribution in [3.05, 3.63) is 0 Å². The SMILES string of the molecule is CC1CCCC(N(C)C2(CN)CCC(C(C)C)CC2)C1. The maximum Gasteiger partial charge on any atom is 0.0331 e. The lowest BCUT2D eigenvalue weighted by Gasteiger charge is -2.51. The molecule has 2 unspecified atom stereocenters. The van der Waals surface area contributed by atoms with E-state index < -0.39 is 0 Å². The molecule has 2 aliphatic carbocycles. The molecule has 2 heteroatoms. The van der Waals surface area contributed by atoms with E-state index >= 15 is 0 Å². The van der Waals surface area contributed by atoms with E-state index in [0.717, 1.165) is 30.3 Å². The molecule has 2 saturated carbocycles. The van der Waals surface area contributed by atoms with Crippen LogP contribution in [0.2, 0.25) is 0 Å². The van der Waals surface area contributed by atoms with Crippen molar-refractivity contribution in [1.82, 2.24) is 4.90 Å². The summed E-state index contributed by atoms with van der Waals surface area (Å²) in [6, 6.07) is 0.776. The van der Waals surface area contributed by atoms with Crippen molar-refractivity contribution in [1.29, 1.82) is 0 Å². The summed E-state index contributed by atoms with van der Waals surface area (Å²) in [6.07, 6.45) is 11.0. The monoisotopic (exact) mass is 280 g/mol. The van der Waals surface area contributed by atoms with E-state index in [-0.39, 0.29) is 0 Å². The molecule has 0 radical (unpaired) electrons. The highest BCUT2D eigenvalue weighted by Crippen LogP contribution is 2.41. The van der Waals surface area contributed by atoms with Crippen LogP contribution < -0.4 is 5.73 Å². The van der Waals surface area contributed by atoms with Crippen LogP contribution in [0.25, 0.3) is 0 Å². The molecule has 0 aromatic heterocycles. The van der Waals surface area contributed by atoms with Crippen molar-refractivity contribution >= 4 is 0 Å². The smallest absolute Gasteiger partial charge is 0.0331 e. The maximum absolute atomic E-state index is 6.26. The summed E-state index contributed by atoms with van der Waals surface area (Å²) in [6.45, 7) is 8.03. The third kappa shape index (κ3) is 3.39. The van der Waals surface area contributed by atoms with Gasteiger partial charge in [0.05, 0.1) is 0 Å². The molecule has 2 rings (SSSR count). The average molecular weight is 280 g/mol. The van der Waals surface area contributed by atoms with Crippen molar-refractivity contribution in [2.24, 2.45) is 23.5 Å². The Balaban J connectivity index is 2.00. The molecule has 0 aromatic carbocycles. The van der Waals surface area contributed by atoms with Gasteiger partial charge in [0, 0.05) is 18.1 Å². The molecule has 0 aliphatic heterocycles. The third-order valence-corrected chi connectivity index (χ3v) is 6.49. The number of hydrogen-bond acceptors (Lipinski definition) is 2. The first-order valence-electron chi connectivity index (χ1n) is 8.91. The van der Waals surface area contributed by atoms with E-state index in [4.69, 9.17) is 5.73 Å². The standard InChI is InChI=1S/C18H36N2/c1-14(2)16-8-10-18(13-19,11-9-16)20(4)17-7-5-6-15(3)12-17/h14-17H,5-13,19H2,1-4H3. The van der Waals surface area contributed by atoms with Crippen molar-refractivity contribution in [3.63, 3.8) is 0 Å². The van der Waals surface area contributed by atoms with Crippen LogP contribution in [0.4, 0.5) is 0 Å². The first kappa shape index (κ1) is 16.3. The van der Waals surface area contributed by atoms with Gasteiger partial charge in [-0.2, -0.15) is 0 Å². The van der Waals surface area contributed by atoms with Crippen LogP contribution in [-0.4, -0.2) is 30.1 Å². The summed E-state index contributed by atoms with van der Waals surface area (Å²) in [5.74, 6) is 2.66. The molecule has 0 heterocycles. The van der Waals surface area contributed by atoms with Gasteiger partial charge in [0.15, 0.2) is 0 Å². The van der Waals surface area contributed by atoms with Gasteiger partial charge in [-0.05, 0) is 63.3 Å². The first-order chi connectivity index (χ1) is 9.48. The van der Waals surface area contributed by atoms with Crippen LogP contribution in [0.15, 0.2) is 0 Å². The molecule has 2 nitrogen and oxygen atoms in total. The third-order valence-electron chi connectivity index (χ3n) is 6.49.